The van der Waals surface area contributed by atoms with Gasteiger partial charge in [0.05, 0.1) is 5.56 Å². The standard InChI is InChI=1S/C24H26N2S/c1-27-23-14-12-22(13-15-23)24-25(18-20-8-4-2-5-9-20)16-17-26(24)19-21-10-6-3-7-11-21/h2-15,24H,16-19H2,1H3/p+2. The first-order valence-electron chi connectivity index (χ1n) is 9.74. The predicted octanol–water partition coefficient (Wildman–Crippen LogP) is 2.59. The molecule has 3 aromatic rings. The number of benzene rings is 3. The maximum atomic E-state index is 2.35. The van der Waals surface area contributed by atoms with Crippen LogP contribution < -0.4 is 9.80 Å². The highest BCUT2D eigenvalue weighted by molar-refractivity contribution is 7.98. The molecule has 1 aliphatic heterocycles. The number of hydrogen-bond donors (Lipinski definition) is 2. The van der Waals surface area contributed by atoms with Crippen molar-refractivity contribution in [3.05, 3.63) is 102 Å². The van der Waals surface area contributed by atoms with Gasteiger partial charge in [-0.3, -0.25) is 9.80 Å². The van der Waals surface area contributed by atoms with Gasteiger partial charge in [0.1, 0.15) is 26.2 Å². The van der Waals surface area contributed by atoms with Crippen LogP contribution in [0.2, 0.25) is 0 Å². The molecule has 2 unspecified atom stereocenters. The molecule has 0 radical (unpaired) electrons. The summed E-state index contributed by atoms with van der Waals surface area (Å²) in [5.74, 6) is 0. The monoisotopic (exact) mass is 376 g/mol. The summed E-state index contributed by atoms with van der Waals surface area (Å²) in [7, 11) is 0. The Morgan fingerprint density at radius 1 is 0.704 bits per heavy atom. The Morgan fingerprint density at radius 2 is 1.19 bits per heavy atom. The first kappa shape index (κ1) is 18.3. The zero-order valence-corrected chi connectivity index (χ0v) is 16.7. The molecule has 3 aromatic carbocycles. The maximum absolute atomic E-state index is 2.35. The van der Waals surface area contributed by atoms with Gasteiger partial charge in [-0.05, 0) is 30.5 Å². The van der Waals surface area contributed by atoms with Crippen LogP contribution in [0.25, 0.3) is 0 Å². The second-order valence-electron chi connectivity index (χ2n) is 7.35. The Bertz CT molecular complexity index is 784. The molecule has 1 heterocycles. The Balaban J connectivity index is 1.60. The van der Waals surface area contributed by atoms with Gasteiger partial charge in [0.25, 0.3) is 0 Å². The molecule has 2 nitrogen and oxygen atoms in total. The Hall–Kier alpha value is -2.07. The van der Waals surface area contributed by atoms with E-state index in [1.807, 2.05) is 11.8 Å². The van der Waals surface area contributed by atoms with Crippen molar-refractivity contribution < 1.29 is 9.80 Å². The van der Waals surface area contributed by atoms with Crippen LogP contribution in [0, 0.1) is 0 Å². The van der Waals surface area contributed by atoms with Crippen molar-refractivity contribution in [2.45, 2.75) is 24.2 Å². The van der Waals surface area contributed by atoms with Crippen LogP contribution in [0.5, 0.6) is 0 Å². The summed E-state index contributed by atoms with van der Waals surface area (Å²) in [6.45, 7) is 4.61. The van der Waals surface area contributed by atoms with Gasteiger partial charge in [-0.2, -0.15) is 0 Å². The molecule has 3 heteroatoms. The van der Waals surface area contributed by atoms with Crippen LogP contribution in [0.1, 0.15) is 22.9 Å². The van der Waals surface area contributed by atoms with Crippen LogP contribution in [-0.2, 0) is 13.1 Å². The van der Waals surface area contributed by atoms with E-state index in [2.05, 4.69) is 91.2 Å². The SMILES string of the molecule is CSc1ccc(C2[NH+](Cc3ccccc3)CC[NH+]2Cc2ccccc2)cc1. The molecule has 27 heavy (non-hydrogen) atoms. The lowest BCUT2D eigenvalue weighted by atomic mass is 10.1. The van der Waals surface area contributed by atoms with Crippen LogP contribution >= 0.6 is 11.8 Å². The van der Waals surface area contributed by atoms with Gasteiger partial charge in [0.2, 0.25) is 6.17 Å². The van der Waals surface area contributed by atoms with Crippen LogP contribution in [0.3, 0.4) is 0 Å². The number of rotatable bonds is 6. The quantitative estimate of drug-likeness (QED) is 0.629. The van der Waals surface area contributed by atoms with Gasteiger partial charge in [-0.25, -0.2) is 0 Å². The van der Waals surface area contributed by atoms with E-state index in [0.29, 0.717) is 6.17 Å². The highest BCUT2D eigenvalue weighted by Gasteiger charge is 2.40. The molecular formula is C24H28N2S+2. The van der Waals surface area contributed by atoms with Crippen molar-refractivity contribution in [3.63, 3.8) is 0 Å². The molecule has 0 saturated carbocycles. The van der Waals surface area contributed by atoms with E-state index >= 15 is 0 Å². The van der Waals surface area contributed by atoms with E-state index in [9.17, 15) is 0 Å². The number of quaternary nitrogens is 2. The summed E-state index contributed by atoms with van der Waals surface area (Å²) in [6.07, 6.45) is 2.63. The fourth-order valence-electron chi connectivity index (χ4n) is 4.26. The smallest absolute Gasteiger partial charge is 0.241 e. The fraction of sp³-hybridized carbons (Fsp3) is 0.250. The molecule has 138 valence electrons. The minimum atomic E-state index is 0.487. The Morgan fingerprint density at radius 3 is 1.63 bits per heavy atom. The number of thioether (sulfide) groups is 1. The summed E-state index contributed by atoms with van der Waals surface area (Å²) in [5, 5.41) is 0. The first-order chi connectivity index (χ1) is 13.3. The fourth-order valence-corrected chi connectivity index (χ4v) is 4.67. The molecular weight excluding hydrogens is 348 g/mol. The van der Waals surface area contributed by atoms with Crippen molar-refractivity contribution in [2.24, 2.45) is 0 Å². The molecule has 2 atom stereocenters. The summed E-state index contributed by atoms with van der Waals surface area (Å²) >= 11 is 1.81. The molecule has 0 aromatic heterocycles. The van der Waals surface area contributed by atoms with E-state index in [-0.39, 0.29) is 0 Å². The summed E-state index contributed by atoms with van der Waals surface area (Å²) in [4.78, 5) is 4.68. The van der Waals surface area contributed by atoms with E-state index in [4.69, 9.17) is 0 Å². The lowest BCUT2D eigenvalue weighted by molar-refractivity contribution is -1.09. The van der Waals surface area contributed by atoms with Gasteiger partial charge >= 0.3 is 0 Å². The van der Waals surface area contributed by atoms with Crippen molar-refractivity contribution in [1.82, 2.24) is 0 Å². The largest absolute Gasteiger partial charge is 0.274 e. The van der Waals surface area contributed by atoms with E-state index in [0.717, 1.165) is 13.1 Å². The summed E-state index contributed by atoms with van der Waals surface area (Å²) in [6, 6.07) is 31.1. The van der Waals surface area contributed by atoms with Crippen molar-refractivity contribution >= 4 is 11.8 Å². The third-order valence-electron chi connectivity index (χ3n) is 5.58. The Kier molecular flexibility index (Phi) is 5.93. The molecule has 1 aliphatic rings. The van der Waals surface area contributed by atoms with Gasteiger partial charge in [-0.1, -0.05) is 60.7 Å². The number of hydrogen-bond acceptors (Lipinski definition) is 1. The lowest BCUT2D eigenvalue weighted by Crippen LogP contribution is -3.22. The van der Waals surface area contributed by atoms with Crippen LogP contribution in [0.15, 0.2) is 89.8 Å². The lowest BCUT2D eigenvalue weighted by Gasteiger charge is -2.25. The predicted molar refractivity (Wildman–Crippen MR) is 113 cm³/mol. The average molecular weight is 377 g/mol. The van der Waals surface area contributed by atoms with Crippen molar-refractivity contribution in [2.75, 3.05) is 19.3 Å². The van der Waals surface area contributed by atoms with E-state index < -0.39 is 0 Å². The number of nitrogens with one attached hydrogen (secondary N) is 2. The van der Waals surface area contributed by atoms with Gasteiger partial charge in [-0.15, -0.1) is 11.8 Å². The van der Waals surface area contributed by atoms with Gasteiger partial charge in [0.15, 0.2) is 0 Å². The Labute approximate surface area is 166 Å². The molecule has 0 spiro atoms. The molecule has 1 fully saturated rings. The zero-order valence-electron chi connectivity index (χ0n) is 15.9. The third kappa shape index (κ3) is 4.44. The van der Waals surface area contributed by atoms with E-state index in [1.54, 1.807) is 9.80 Å². The second-order valence-corrected chi connectivity index (χ2v) is 8.23. The zero-order chi connectivity index (χ0) is 18.5. The molecule has 0 amide bonds. The van der Waals surface area contributed by atoms with Crippen LogP contribution in [-0.4, -0.2) is 19.3 Å². The third-order valence-corrected chi connectivity index (χ3v) is 6.32. The second kappa shape index (κ2) is 8.75. The minimum absolute atomic E-state index is 0.487. The highest BCUT2D eigenvalue weighted by atomic mass is 32.2. The van der Waals surface area contributed by atoms with Crippen molar-refractivity contribution in [1.29, 1.82) is 0 Å². The molecule has 0 bridgehead atoms. The molecule has 2 N–H and O–H groups in total. The highest BCUT2D eigenvalue weighted by Crippen LogP contribution is 2.17. The van der Waals surface area contributed by atoms with Crippen molar-refractivity contribution in [3.8, 4) is 0 Å². The minimum Gasteiger partial charge on any atom is -0.274 e. The summed E-state index contributed by atoms with van der Waals surface area (Å²) in [5.41, 5.74) is 4.32. The molecule has 1 saturated heterocycles. The molecule has 4 rings (SSSR count). The maximum Gasteiger partial charge on any atom is 0.241 e. The topological polar surface area (TPSA) is 8.88 Å². The van der Waals surface area contributed by atoms with Gasteiger partial charge in [0, 0.05) is 16.0 Å². The summed E-state index contributed by atoms with van der Waals surface area (Å²) < 4.78 is 0. The first-order valence-corrected chi connectivity index (χ1v) is 11.0. The van der Waals surface area contributed by atoms with Gasteiger partial charge < -0.3 is 0 Å². The molecule has 0 aliphatic carbocycles. The average Bonchev–Trinajstić information content (AvgIpc) is 3.11. The normalized spacial score (nSPS) is 22.0. The van der Waals surface area contributed by atoms with E-state index in [1.165, 1.54) is 34.7 Å². The van der Waals surface area contributed by atoms with Crippen LogP contribution in [0.4, 0.5) is 0 Å².